The molecule has 0 saturated heterocycles. The molecule has 0 aliphatic rings. The van der Waals surface area contributed by atoms with Gasteiger partial charge in [-0.3, -0.25) is 19.5 Å². The Kier molecular flexibility index (Phi) is 3.22. The Bertz CT molecular complexity index is 770. The molecule has 0 aliphatic heterocycles. The molecule has 1 amide bonds. The van der Waals surface area contributed by atoms with E-state index < -0.39 is 0 Å². The second-order valence-electron chi connectivity index (χ2n) is 4.24. The van der Waals surface area contributed by atoms with Gasteiger partial charge in [0.25, 0.3) is 11.8 Å². The average Bonchev–Trinajstić information content (AvgIpc) is 3.17. The number of carbonyl (C=O) groups excluding carboxylic acids is 1. The van der Waals surface area contributed by atoms with E-state index in [4.69, 9.17) is 4.42 Å². The number of rotatable bonds is 4. The Morgan fingerprint density at radius 2 is 2.10 bits per heavy atom. The molecular weight excluding hydrogens is 274 g/mol. The number of carbonyl (C=O) groups is 1. The number of aryl methyl sites for hydroxylation is 2. The minimum absolute atomic E-state index is 0.0278. The third-order valence-electron chi connectivity index (χ3n) is 2.93. The molecule has 3 rings (SSSR count). The molecule has 0 fully saturated rings. The van der Waals surface area contributed by atoms with E-state index in [2.05, 4.69) is 25.7 Å². The first-order valence-electron chi connectivity index (χ1n) is 6.34. The minimum atomic E-state index is -0.352. The van der Waals surface area contributed by atoms with Gasteiger partial charge in [-0.25, -0.2) is 0 Å². The van der Waals surface area contributed by atoms with E-state index in [9.17, 15) is 4.79 Å². The van der Waals surface area contributed by atoms with E-state index in [1.807, 2.05) is 6.92 Å². The van der Waals surface area contributed by atoms with E-state index in [1.54, 1.807) is 40.9 Å². The first kappa shape index (κ1) is 13.0. The normalized spacial score (nSPS) is 10.8. The van der Waals surface area contributed by atoms with E-state index in [-0.39, 0.29) is 17.8 Å². The second kappa shape index (κ2) is 5.19. The topological polar surface area (TPSA) is 104 Å². The molecule has 3 aromatic rings. The van der Waals surface area contributed by atoms with Crippen LogP contribution in [0, 0.1) is 0 Å². The lowest BCUT2D eigenvalue weighted by atomic mass is 10.4. The Morgan fingerprint density at radius 1 is 1.29 bits per heavy atom. The third kappa shape index (κ3) is 2.40. The van der Waals surface area contributed by atoms with Gasteiger partial charge in [-0.05, 0) is 19.1 Å². The zero-order chi connectivity index (χ0) is 14.8. The van der Waals surface area contributed by atoms with Crippen molar-refractivity contribution in [1.29, 1.82) is 0 Å². The predicted molar refractivity (Wildman–Crippen MR) is 72.4 cm³/mol. The van der Waals surface area contributed by atoms with Gasteiger partial charge in [0.15, 0.2) is 0 Å². The number of hydrogen-bond acceptors (Lipinski definition) is 6. The average molecular weight is 287 g/mol. The second-order valence-corrected chi connectivity index (χ2v) is 4.24. The van der Waals surface area contributed by atoms with Gasteiger partial charge < -0.3 is 4.42 Å². The van der Waals surface area contributed by atoms with Crippen LogP contribution in [0.1, 0.15) is 17.4 Å². The van der Waals surface area contributed by atoms with Crippen molar-refractivity contribution in [3.63, 3.8) is 0 Å². The molecule has 3 heterocycles. The highest BCUT2D eigenvalue weighted by molar-refractivity contribution is 6.01. The first-order chi connectivity index (χ1) is 10.2. The van der Waals surface area contributed by atoms with E-state index >= 15 is 0 Å². The lowest BCUT2D eigenvalue weighted by molar-refractivity contribution is 0.101. The Morgan fingerprint density at radius 3 is 2.81 bits per heavy atom. The highest BCUT2D eigenvalue weighted by Crippen LogP contribution is 2.18. The molecule has 0 aromatic carbocycles. The maximum absolute atomic E-state index is 12.1. The van der Waals surface area contributed by atoms with Gasteiger partial charge >= 0.3 is 6.01 Å². The van der Waals surface area contributed by atoms with E-state index in [0.717, 1.165) is 0 Å². The van der Waals surface area contributed by atoms with Gasteiger partial charge in [0.05, 0.1) is 0 Å². The van der Waals surface area contributed by atoms with Crippen molar-refractivity contribution in [3.8, 4) is 11.6 Å². The number of nitrogens with one attached hydrogen (secondary N) is 1. The van der Waals surface area contributed by atoms with Crippen LogP contribution < -0.4 is 5.32 Å². The zero-order valence-corrected chi connectivity index (χ0v) is 11.5. The summed E-state index contributed by atoms with van der Waals surface area (Å²) < 4.78 is 8.59. The summed E-state index contributed by atoms with van der Waals surface area (Å²) in [6.45, 7) is 2.50. The first-order valence-corrected chi connectivity index (χ1v) is 6.34. The summed E-state index contributed by atoms with van der Waals surface area (Å²) in [7, 11) is 1.76. The van der Waals surface area contributed by atoms with Gasteiger partial charge in [0.2, 0.25) is 0 Å². The van der Waals surface area contributed by atoms with Crippen molar-refractivity contribution < 1.29 is 9.21 Å². The van der Waals surface area contributed by atoms with Gasteiger partial charge in [0.1, 0.15) is 11.4 Å². The number of nitrogens with zero attached hydrogens (tertiary/aromatic N) is 6. The van der Waals surface area contributed by atoms with Crippen LogP contribution in [0.5, 0.6) is 0 Å². The van der Waals surface area contributed by atoms with Crippen LogP contribution in [0.2, 0.25) is 0 Å². The summed E-state index contributed by atoms with van der Waals surface area (Å²) in [4.78, 5) is 12.1. The van der Waals surface area contributed by atoms with E-state index in [0.29, 0.717) is 17.9 Å². The van der Waals surface area contributed by atoms with Crippen LogP contribution in [-0.4, -0.2) is 35.7 Å². The van der Waals surface area contributed by atoms with Gasteiger partial charge in [0, 0.05) is 26.0 Å². The van der Waals surface area contributed by atoms with Crippen molar-refractivity contribution in [2.24, 2.45) is 7.05 Å². The fourth-order valence-electron chi connectivity index (χ4n) is 1.90. The largest absolute Gasteiger partial charge is 0.401 e. The Labute approximate surface area is 119 Å². The van der Waals surface area contributed by atoms with Gasteiger partial charge in [-0.2, -0.15) is 10.2 Å². The molecule has 0 saturated carbocycles. The molecule has 0 bridgehead atoms. The number of amides is 1. The molecular formula is C12H13N7O2. The van der Waals surface area contributed by atoms with Gasteiger partial charge in [-0.15, -0.1) is 5.10 Å². The molecule has 21 heavy (non-hydrogen) atoms. The summed E-state index contributed by atoms with van der Waals surface area (Å²) in [6, 6.07) is 3.39. The molecule has 0 unspecified atom stereocenters. The molecule has 0 aliphatic carbocycles. The summed E-state index contributed by atoms with van der Waals surface area (Å²) in [6.07, 6.45) is 3.19. The third-order valence-corrected chi connectivity index (χ3v) is 2.93. The highest BCUT2D eigenvalue weighted by atomic mass is 16.4. The maximum Gasteiger partial charge on any atom is 0.322 e. The maximum atomic E-state index is 12.1. The van der Waals surface area contributed by atoms with Crippen molar-refractivity contribution in [3.05, 3.63) is 30.2 Å². The standard InChI is InChI=1S/C12H13N7O2/c1-3-19-8(4-7-14-19)10(20)15-12-17-16-11(21-12)9-5-6-13-18(9)2/h4-7H,3H2,1-2H3,(H,15,17,20). The molecule has 9 heteroatoms. The number of hydrogen-bond donors (Lipinski definition) is 1. The van der Waals surface area contributed by atoms with Crippen molar-refractivity contribution in [1.82, 2.24) is 29.8 Å². The molecule has 9 nitrogen and oxygen atoms in total. The Hall–Kier alpha value is -2.97. The fraction of sp³-hybridized carbons (Fsp3) is 0.250. The lowest BCUT2D eigenvalue weighted by Crippen LogP contribution is -2.17. The fourth-order valence-corrected chi connectivity index (χ4v) is 1.90. The van der Waals surface area contributed by atoms with Crippen LogP contribution in [0.4, 0.5) is 6.01 Å². The Balaban J connectivity index is 1.79. The van der Waals surface area contributed by atoms with E-state index in [1.165, 1.54) is 0 Å². The summed E-state index contributed by atoms with van der Waals surface area (Å²) in [5, 5.41) is 18.3. The number of anilines is 1. The highest BCUT2D eigenvalue weighted by Gasteiger charge is 2.16. The van der Waals surface area contributed by atoms with Crippen LogP contribution >= 0.6 is 0 Å². The molecule has 108 valence electrons. The van der Waals surface area contributed by atoms with Crippen molar-refractivity contribution in [2.45, 2.75) is 13.5 Å². The molecule has 0 atom stereocenters. The monoisotopic (exact) mass is 287 g/mol. The van der Waals surface area contributed by atoms with Crippen molar-refractivity contribution >= 4 is 11.9 Å². The van der Waals surface area contributed by atoms with Crippen LogP contribution in [-0.2, 0) is 13.6 Å². The summed E-state index contributed by atoms with van der Waals surface area (Å²) in [5.41, 5.74) is 1.10. The summed E-state index contributed by atoms with van der Waals surface area (Å²) >= 11 is 0. The number of aromatic nitrogens is 6. The lowest BCUT2D eigenvalue weighted by Gasteiger charge is -2.02. The summed E-state index contributed by atoms with van der Waals surface area (Å²) in [5.74, 6) is -0.0659. The van der Waals surface area contributed by atoms with Crippen LogP contribution in [0.15, 0.2) is 28.9 Å². The molecule has 0 radical (unpaired) electrons. The predicted octanol–water partition coefficient (Wildman–Crippen LogP) is 0.939. The van der Waals surface area contributed by atoms with Crippen molar-refractivity contribution in [2.75, 3.05) is 5.32 Å². The van der Waals surface area contributed by atoms with Gasteiger partial charge in [-0.1, -0.05) is 5.10 Å². The molecule has 3 aromatic heterocycles. The molecule has 1 N–H and O–H groups in total. The zero-order valence-electron chi connectivity index (χ0n) is 11.5. The SMILES string of the molecule is CCn1nccc1C(=O)Nc1nnc(-c2ccnn2C)o1. The quantitative estimate of drug-likeness (QED) is 0.765. The van der Waals surface area contributed by atoms with Crippen LogP contribution in [0.3, 0.4) is 0 Å². The minimum Gasteiger partial charge on any atom is -0.401 e. The van der Waals surface area contributed by atoms with Crippen LogP contribution in [0.25, 0.3) is 11.6 Å². The smallest absolute Gasteiger partial charge is 0.322 e. The molecule has 0 spiro atoms.